The van der Waals surface area contributed by atoms with Crippen molar-refractivity contribution < 1.29 is 14.7 Å². The summed E-state index contributed by atoms with van der Waals surface area (Å²) in [6.45, 7) is 0.913. The van der Waals surface area contributed by atoms with Crippen LogP contribution in [0.1, 0.15) is 16.8 Å². The maximum absolute atomic E-state index is 11.8. The van der Waals surface area contributed by atoms with Gasteiger partial charge in [0.15, 0.2) is 0 Å². The Labute approximate surface area is 109 Å². The van der Waals surface area contributed by atoms with Crippen LogP contribution in [0.4, 0.5) is 5.69 Å². The highest BCUT2D eigenvalue weighted by Crippen LogP contribution is 2.31. The number of halogens is 1. The van der Waals surface area contributed by atoms with E-state index in [2.05, 4.69) is 0 Å². The predicted molar refractivity (Wildman–Crippen MR) is 67.9 cm³/mol. The van der Waals surface area contributed by atoms with Crippen molar-refractivity contribution in [2.24, 2.45) is 11.7 Å². The standard InChI is InChI=1S/C12H13ClN2O3/c13-9-2-1-8(12(17)18)4-10(9)15-6-7(5-14)3-11(15)16/h1-2,4,7H,3,5-6,14H2,(H,17,18). The first kappa shape index (κ1) is 12.9. The largest absolute Gasteiger partial charge is 0.478 e. The number of nitrogens with zero attached hydrogens (tertiary/aromatic N) is 1. The number of benzene rings is 1. The molecule has 1 aromatic carbocycles. The molecule has 2 rings (SSSR count). The highest BCUT2D eigenvalue weighted by Gasteiger charge is 2.31. The molecular weight excluding hydrogens is 256 g/mol. The molecule has 96 valence electrons. The van der Waals surface area contributed by atoms with E-state index in [0.717, 1.165) is 0 Å². The van der Waals surface area contributed by atoms with Gasteiger partial charge in [-0.1, -0.05) is 11.6 Å². The fourth-order valence-corrected chi connectivity index (χ4v) is 2.24. The van der Waals surface area contributed by atoms with Gasteiger partial charge >= 0.3 is 5.97 Å². The van der Waals surface area contributed by atoms with Crippen LogP contribution in [0.3, 0.4) is 0 Å². The highest BCUT2D eigenvalue weighted by molar-refractivity contribution is 6.34. The normalized spacial score (nSPS) is 19.3. The van der Waals surface area contributed by atoms with Crippen molar-refractivity contribution in [3.8, 4) is 0 Å². The van der Waals surface area contributed by atoms with Gasteiger partial charge in [0.25, 0.3) is 0 Å². The lowest BCUT2D eigenvalue weighted by Gasteiger charge is -2.18. The van der Waals surface area contributed by atoms with E-state index in [1.165, 1.54) is 23.1 Å². The molecular formula is C12H13ClN2O3. The molecule has 1 aromatic rings. The van der Waals surface area contributed by atoms with Gasteiger partial charge in [-0.2, -0.15) is 0 Å². The van der Waals surface area contributed by atoms with Crippen molar-refractivity contribution in [3.05, 3.63) is 28.8 Å². The van der Waals surface area contributed by atoms with E-state index in [1.54, 1.807) is 0 Å². The number of carbonyl (C=O) groups excluding carboxylic acids is 1. The van der Waals surface area contributed by atoms with Crippen LogP contribution < -0.4 is 10.6 Å². The van der Waals surface area contributed by atoms with Crippen molar-refractivity contribution >= 4 is 29.2 Å². The minimum Gasteiger partial charge on any atom is -0.478 e. The zero-order valence-electron chi connectivity index (χ0n) is 9.60. The van der Waals surface area contributed by atoms with Gasteiger partial charge in [-0.05, 0) is 30.7 Å². The summed E-state index contributed by atoms with van der Waals surface area (Å²) in [5, 5.41) is 9.31. The fourth-order valence-electron chi connectivity index (χ4n) is 2.02. The van der Waals surface area contributed by atoms with E-state index in [0.29, 0.717) is 30.2 Å². The molecule has 1 heterocycles. The number of nitrogens with two attached hydrogens (primary N) is 1. The van der Waals surface area contributed by atoms with Gasteiger partial charge in [-0.3, -0.25) is 4.79 Å². The molecule has 1 amide bonds. The number of anilines is 1. The number of carboxylic acid groups (broad SMARTS) is 1. The van der Waals surface area contributed by atoms with E-state index >= 15 is 0 Å². The van der Waals surface area contributed by atoms with Crippen LogP contribution in [0.2, 0.25) is 5.02 Å². The lowest BCUT2D eigenvalue weighted by Crippen LogP contribution is -2.26. The summed E-state index contributed by atoms with van der Waals surface area (Å²) in [6, 6.07) is 4.32. The third-order valence-corrected chi connectivity index (χ3v) is 3.34. The third kappa shape index (κ3) is 2.32. The smallest absolute Gasteiger partial charge is 0.335 e. The Hall–Kier alpha value is -1.59. The molecule has 0 spiro atoms. The Morgan fingerprint density at radius 2 is 2.28 bits per heavy atom. The molecule has 0 aromatic heterocycles. The highest BCUT2D eigenvalue weighted by atomic mass is 35.5. The molecule has 18 heavy (non-hydrogen) atoms. The second-order valence-electron chi connectivity index (χ2n) is 4.28. The predicted octanol–water partition coefficient (Wildman–Crippen LogP) is 1.35. The van der Waals surface area contributed by atoms with Crippen LogP contribution in [0, 0.1) is 5.92 Å². The Bertz CT molecular complexity index is 504. The Morgan fingerprint density at radius 1 is 1.56 bits per heavy atom. The number of rotatable bonds is 3. The molecule has 6 heteroatoms. The quantitative estimate of drug-likeness (QED) is 0.867. The first-order chi connectivity index (χ1) is 8.52. The Kier molecular flexibility index (Phi) is 3.54. The van der Waals surface area contributed by atoms with Crippen molar-refractivity contribution in [3.63, 3.8) is 0 Å². The number of carboxylic acids is 1. The molecule has 5 nitrogen and oxygen atoms in total. The van der Waals surface area contributed by atoms with E-state index in [1.807, 2.05) is 0 Å². The van der Waals surface area contributed by atoms with Crippen molar-refractivity contribution in [1.82, 2.24) is 0 Å². The molecule has 3 N–H and O–H groups in total. The van der Waals surface area contributed by atoms with Gasteiger partial charge in [0.1, 0.15) is 0 Å². The summed E-state index contributed by atoms with van der Waals surface area (Å²) in [4.78, 5) is 24.3. The van der Waals surface area contributed by atoms with Crippen molar-refractivity contribution in [2.45, 2.75) is 6.42 Å². The average molecular weight is 269 g/mol. The van der Waals surface area contributed by atoms with Crippen LogP contribution in [-0.4, -0.2) is 30.1 Å². The van der Waals surface area contributed by atoms with Crippen molar-refractivity contribution in [2.75, 3.05) is 18.0 Å². The van der Waals surface area contributed by atoms with Crippen LogP contribution >= 0.6 is 11.6 Å². The van der Waals surface area contributed by atoms with E-state index in [4.69, 9.17) is 22.4 Å². The monoisotopic (exact) mass is 268 g/mol. The average Bonchev–Trinajstić information content (AvgIpc) is 2.71. The van der Waals surface area contributed by atoms with Crippen molar-refractivity contribution in [1.29, 1.82) is 0 Å². The Morgan fingerprint density at radius 3 is 2.83 bits per heavy atom. The van der Waals surface area contributed by atoms with Crippen LogP contribution in [0.25, 0.3) is 0 Å². The molecule has 0 aliphatic carbocycles. The van der Waals surface area contributed by atoms with Crippen LogP contribution in [0.15, 0.2) is 18.2 Å². The topological polar surface area (TPSA) is 83.6 Å². The molecule has 1 atom stereocenters. The summed E-state index contributed by atoms with van der Waals surface area (Å²) in [6.07, 6.45) is 0.379. The molecule has 1 unspecified atom stereocenters. The second kappa shape index (κ2) is 4.96. The maximum atomic E-state index is 11.8. The maximum Gasteiger partial charge on any atom is 0.335 e. The van der Waals surface area contributed by atoms with Gasteiger partial charge < -0.3 is 15.7 Å². The zero-order chi connectivity index (χ0) is 13.3. The molecule has 1 aliphatic rings. The lowest BCUT2D eigenvalue weighted by atomic mass is 10.1. The summed E-state index contributed by atoms with van der Waals surface area (Å²) >= 11 is 6.02. The lowest BCUT2D eigenvalue weighted by molar-refractivity contribution is -0.117. The molecule has 0 saturated carbocycles. The number of carbonyl (C=O) groups is 2. The van der Waals surface area contributed by atoms with Crippen LogP contribution in [0.5, 0.6) is 0 Å². The van der Waals surface area contributed by atoms with E-state index < -0.39 is 5.97 Å². The summed E-state index contributed by atoms with van der Waals surface area (Å²) in [5.74, 6) is -1.02. The molecule has 0 radical (unpaired) electrons. The summed E-state index contributed by atoms with van der Waals surface area (Å²) < 4.78 is 0. The van der Waals surface area contributed by atoms with Gasteiger partial charge in [-0.25, -0.2) is 4.79 Å². The summed E-state index contributed by atoms with van der Waals surface area (Å²) in [7, 11) is 0. The molecule has 1 fully saturated rings. The minimum atomic E-state index is -1.05. The number of amides is 1. The second-order valence-corrected chi connectivity index (χ2v) is 4.69. The number of hydrogen-bond acceptors (Lipinski definition) is 3. The minimum absolute atomic E-state index is 0.0742. The number of aromatic carboxylic acids is 1. The molecule has 0 bridgehead atoms. The Balaban J connectivity index is 2.35. The van der Waals surface area contributed by atoms with Gasteiger partial charge in [-0.15, -0.1) is 0 Å². The van der Waals surface area contributed by atoms with Gasteiger partial charge in [0, 0.05) is 13.0 Å². The van der Waals surface area contributed by atoms with Gasteiger partial charge in [0.05, 0.1) is 16.3 Å². The third-order valence-electron chi connectivity index (χ3n) is 3.02. The molecule has 1 aliphatic heterocycles. The first-order valence-electron chi connectivity index (χ1n) is 5.56. The first-order valence-corrected chi connectivity index (χ1v) is 5.94. The zero-order valence-corrected chi connectivity index (χ0v) is 10.4. The van der Waals surface area contributed by atoms with Gasteiger partial charge in [0.2, 0.25) is 5.91 Å². The van der Waals surface area contributed by atoms with E-state index in [-0.39, 0.29) is 17.4 Å². The summed E-state index contributed by atoms with van der Waals surface area (Å²) in [5.41, 5.74) is 6.10. The van der Waals surface area contributed by atoms with E-state index in [9.17, 15) is 9.59 Å². The number of hydrogen-bond donors (Lipinski definition) is 2. The van der Waals surface area contributed by atoms with Crippen LogP contribution in [-0.2, 0) is 4.79 Å². The SMILES string of the molecule is NCC1CC(=O)N(c2cc(C(=O)O)ccc2Cl)C1. The fraction of sp³-hybridized carbons (Fsp3) is 0.333. The molecule has 1 saturated heterocycles.